The molecule has 0 radical (unpaired) electrons. The average molecular weight is 234 g/mol. The molecule has 0 N–H and O–H groups in total. The highest BCUT2D eigenvalue weighted by Gasteiger charge is 2.31. The summed E-state index contributed by atoms with van der Waals surface area (Å²) in [5, 5.41) is 0. The van der Waals surface area contributed by atoms with Crippen molar-refractivity contribution in [1.82, 2.24) is 0 Å². The standard InChI is InChI=1S/C13H14O4/c1-9(14)16-11-7-12(17-13(15)8-11)10-5-3-2-4-6-10/h2-6,11-12H,7-8H2,1H3. The van der Waals surface area contributed by atoms with Crippen LogP contribution in [-0.2, 0) is 19.1 Å². The molecule has 1 aromatic carbocycles. The van der Waals surface area contributed by atoms with Crippen molar-refractivity contribution < 1.29 is 19.1 Å². The third kappa shape index (κ3) is 3.06. The van der Waals surface area contributed by atoms with E-state index in [1.54, 1.807) is 0 Å². The lowest BCUT2D eigenvalue weighted by Gasteiger charge is -2.28. The molecule has 0 amide bonds. The fraction of sp³-hybridized carbons (Fsp3) is 0.385. The number of rotatable bonds is 2. The van der Waals surface area contributed by atoms with Gasteiger partial charge in [-0.25, -0.2) is 0 Å². The summed E-state index contributed by atoms with van der Waals surface area (Å²) in [6, 6.07) is 9.47. The van der Waals surface area contributed by atoms with Crippen molar-refractivity contribution in [2.24, 2.45) is 0 Å². The van der Waals surface area contributed by atoms with Crippen LogP contribution in [-0.4, -0.2) is 18.0 Å². The van der Waals surface area contributed by atoms with Crippen LogP contribution < -0.4 is 0 Å². The Bertz CT molecular complexity index is 411. The Morgan fingerprint density at radius 1 is 1.35 bits per heavy atom. The van der Waals surface area contributed by atoms with Crippen LogP contribution >= 0.6 is 0 Å². The molecule has 2 atom stereocenters. The molecule has 4 heteroatoms. The van der Waals surface area contributed by atoms with Crippen LogP contribution in [0, 0.1) is 0 Å². The summed E-state index contributed by atoms with van der Waals surface area (Å²) in [5.74, 6) is -0.687. The zero-order valence-corrected chi connectivity index (χ0v) is 9.59. The van der Waals surface area contributed by atoms with Gasteiger partial charge in [0.15, 0.2) is 0 Å². The molecule has 0 spiro atoms. The minimum atomic E-state index is -0.376. The van der Waals surface area contributed by atoms with Gasteiger partial charge in [-0.1, -0.05) is 30.3 Å². The van der Waals surface area contributed by atoms with Gasteiger partial charge in [0.25, 0.3) is 0 Å². The molecule has 2 unspecified atom stereocenters. The van der Waals surface area contributed by atoms with Crippen molar-refractivity contribution in [1.29, 1.82) is 0 Å². The van der Waals surface area contributed by atoms with Gasteiger partial charge < -0.3 is 9.47 Å². The fourth-order valence-corrected chi connectivity index (χ4v) is 1.96. The van der Waals surface area contributed by atoms with Crippen LogP contribution in [0.5, 0.6) is 0 Å². The SMILES string of the molecule is CC(=O)OC1CC(=O)OC(c2ccccc2)C1. The maximum atomic E-state index is 11.4. The number of esters is 2. The second-order valence-corrected chi connectivity index (χ2v) is 4.06. The first-order chi connectivity index (χ1) is 8.15. The predicted molar refractivity (Wildman–Crippen MR) is 60.1 cm³/mol. The van der Waals surface area contributed by atoms with Crippen LogP contribution in [0.15, 0.2) is 30.3 Å². The van der Waals surface area contributed by atoms with Crippen molar-refractivity contribution in [2.75, 3.05) is 0 Å². The Morgan fingerprint density at radius 3 is 2.71 bits per heavy atom. The van der Waals surface area contributed by atoms with E-state index in [0.29, 0.717) is 6.42 Å². The fourth-order valence-electron chi connectivity index (χ4n) is 1.96. The summed E-state index contributed by atoms with van der Waals surface area (Å²) >= 11 is 0. The van der Waals surface area contributed by atoms with E-state index in [0.717, 1.165) is 5.56 Å². The van der Waals surface area contributed by atoms with Gasteiger partial charge in [0.1, 0.15) is 12.2 Å². The Hall–Kier alpha value is -1.84. The Morgan fingerprint density at radius 2 is 2.06 bits per heavy atom. The molecule has 0 bridgehead atoms. The van der Waals surface area contributed by atoms with Gasteiger partial charge in [-0.15, -0.1) is 0 Å². The molecule has 1 fully saturated rings. The molecule has 1 aromatic rings. The number of carbonyl (C=O) groups is 2. The summed E-state index contributed by atoms with van der Waals surface area (Å²) < 4.78 is 10.3. The highest BCUT2D eigenvalue weighted by Crippen LogP contribution is 2.30. The van der Waals surface area contributed by atoms with Crippen molar-refractivity contribution in [2.45, 2.75) is 32.0 Å². The van der Waals surface area contributed by atoms with Gasteiger partial charge in [0, 0.05) is 13.3 Å². The summed E-state index contributed by atoms with van der Waals surface area (Å²) in [4.78, 5) is 22.3. The normalized spacial score (nSPS) is 23.9. The highest BCUT2D eigenvalue weighted by molar-refractivity contribution is 5.72. The van der Waals surface area contributed by atoms with E-state index in [1.165, 1.54) is 6.92 Å². The minimum Gasteiger partial charge on any atom is -0.462 e. The van der Waals surface area contributed by atoms with E-state index in [-0.39, 0.29) is 30.6 Å². The quantitative estimate of drug-likeness (QED) is 0.734. The van der Waals surface area contributed by atoms with Gasteiger partial charge in [0.05, 0.1) is 6.42 Å². The number of hydrogen-bond donors (Lipinski definition) is 0. The molecular formula is C13H14O4. The van der Waals surface area contributed by atoms with Crippen LogP contribution in [0.25, 0.3) is 0 Å². The first-order valence-corrected chi connectivity index (χ1v) is 5.57. The van der Waals surface area contributed by atoms with Crippen molar-refractivity contribution >= 4 is 11.9 Å². The first kappa shape index (κ1) is 11.6. The molecule has 0 aliphatic carbocycles. The summed E-state index contributed by atoms with van der Waals surface area (Å²) in [6.07, 6.45) is -0.0288. The number of carbonyl (C=O) groups excluding carboxylic acids is 2. The van der Waals surface area contributed by atoms with Crippen LogP contribution in [0.3, 0.4) is 0 Å². The molecule has 1 aliphatic rings. The second kappa shape index (κ2) is 4.99. The molecule has 17 heavy (non-hydrogen) atoms. The molecule has 1 aliphatic heterocycles. The second-order valence-electron chi connectivity index (χ2n) is 4.06. The van der Waals surface area contributed by atoms with Gasteiger partial charge in [-0.2, -0.15) is 0 Å². The molecule has 0 aromatic heterocycles. The largest absolute Gasteiger partial charge is 0.462 e. The first-order valence-electron chi connectivity index (χ1n) is 5.57. The topological polar surface area (TPSA) is 52.6 Å². The molecular weight excluding hydrogens is 220 g/mol. The molecule has 4 nitrogen and oxygen atoms in total. The maximum absolute atomic E-state index is 11.4. The van der Waals surface area contributed by atoms with E-state index < -0.39 is 0 Å². The molecule has 1 saturated heterocycles. The Balaban J connectivity index is 2.09. The zero-order valence-electron chi connectivity index (χ0n) is 9.59. The third-order valence-electron chi connectivity index (χ3n) is 2.65. The predicted octanol–water partition coefficient (Wildman–Crippen LogP) is 2.00. The molecule has 90 valence electrons. The third-order valence-corrected chi connectivity index (χ3v) is 2.65. The van der Waals surface area contributed by atoms with E-state index in [1.807, 2.05) is 30.3 Å². The lowest BCUT2D eigenvalue weighted by atomic mass is 9.99. The highest BCUT2D eigenvalue weighted by atomic mass is 16.6. The minimum absolute atomic E-state index is 0.142. The van der Waals surface area contributed by atoms with Crippen molar-refractivity contribution in [3.8, 4) is 0 Å². The number of cyclic esters (lactones) is 1. The van der Waals surface area contributed by atoms with Gasteiger partial charge in [0.2, 0.25) is 0 Å². The van der Waals surface area contributed by atoms with Crippen LogP contribution in [0.2, 0.25) is 0 Å². The summed E-state index contributed by atoms with van der Waals surface area (Å²) in [6.45, 7) is 1.34. The van der Waals surface area contributed by atoms with E-state index >= 15 is 0 Å². The monoisotopic (exact) mass is 234 g/mol. The van der Waals surface area contributed by atoms with E-state index in [9.17, 15) is 9.59 Å². The average Bonchev–Trinajstić information content (AvgIpc) is 2.28. The molecule has 0 saturated carbocycles. The number of hydrogen-bond acceptors (Lipinski definition) is 4. The Labute approximate surface area is 99.5 Å². The zero-order chi connectivity index (χ0) is 12.3. The maximum Gasteiger partial charge on any atom is 0.310 e. The van der Waals surface area contributed by atoms with Gasteiger partial charge in [-0.05, 0) is 5.56 Å². The lowest BCUT2D eigenvalue weighted by Crippen LogP contribution is -2.30. The molecule has 2 rings (SSSR count). The number of ether oxygens (including phenoxy) is 2. The van der Waals surface area contributed by atoms with Gasteiger partial charge in [-0.3, -0.25) is 9.59 Å². The summed E-state index contributed by atoms with van der Waals surface area (Å²) in [7, 11) is 0. The van der Waals surface area contributed by atoms with Crippen molar-refractivity contribution in [3.63, 3.8) is 0 Å². The van der Waals surface area contributed by atoms with Crippen LogP contribution in [0.4, 0.5) is 0 Å². The number of benzene rings is 1. The van der Waals surface area contributed by atoms with Crippen LogP contribution in [0.1, 0.15) is 31.4 Å². The smallest absolute Gasteiger partial charge is 0.310 e. The Kier molecular flexibility index (Phi) is 3.42. The van der Waals surface area contributed by atoms with Gasteiger partial charge >= 0.3 is 11.9 Å². The summed E-state index contributed by atoms with van der Waals surface area (Å²) in [5.41, 5.74) is 0.928. The molecule has 1 heterocycles. The van der Waals surface area contributed by atoms with E-state index in [2.05, 4.69) is 0 Å². The lowest BCUT2D eigenvalue weighted by molar-refractivity contribution is -0.168. The van der Waals surface area contributed by atoms with Crippen molar-refractivity contribution in [3.05, 3.63) is 35.9 Å². The van der Waals surface area contributed by atoms with E-state index in [4.69, 9.17) is 9.47 Å².